The van der Waals surface area contributed by atoms with Crippen molar-refractivity contribution >= 4 is 17.6 Å². The van der Waals surface area contributed by atoms with Crippen LogP contribution in [0.3, 0.4) is 0 Å². The van der Waals surface area contributed by atoms with Crippen molar-refractivity contribution in [2.75, 3.05) is 6.61 Å². The van der Waals surface area contributed by atoms with Gasteiger partial charge in [-0.05, 0) is 33.8 Å². The van der Waals surface area contributed by atoms with E-state index < -0.39 is 22.3 Å². The first kappa shape index (κ1) is 16.6. The van der Waals surface area contributed by atoms with Crippen molar-refractivity contribution in [2.24, 2.45) is 0 Å². The molecule has 114 valence electrons. The Bertz CT molecular complexity index is 581. The number of carbonyl (C=O) groups excluding carboxylic acids is 2. The molecule has 0 saturated carbocycles. The molecule has 0 aliphatic heterocycles. The Morgan fingerprint density at radius 3 is 2.52 bits per heavy atom. The highest BCUT2D eigenvalue weighted by atomic mass is 16.6. The molecule has 0 aliphatic carbocycles. The molecule has 7 heteroatoms. The molecule has 0 radical (unpaired) electrons. The summed E-state index contributed by atoms with van der Waals surface area (Å²) in [6.07, 6.45) is 0. The second-order valence-corrected chi connectivity index (χ2v) is 5.03. The SMILES string of the molecule is CCOC(=O)C(C)(C)NC(=O)c1cccc(C)c1[N+](=O)[O-]. The number of nitrogens with one attached hydrogen (secondary N) is 1. The minimum absolute atomic E-state index is 0.0858. The summed E-state index contributed by atoms with van der Waals surface area (Å²) in [7, 11) is 0. The molecule has 1 aromatic carbocycles. The molecule has 0 unspecified atom stereocenters. The van der Waals surface area contributed by atoms with E-state index in [0.29, 0.717) is 5.56 Å². The van der Waals surface area contributed by atoms with Crippen LogP contribution in [0.4, 0.5) is 5.69 Å². The Balaban J connectivity index is 3.08. The van der Waals surface area contributed by atoms with Gasteiger partial charge in [0, 0.05) is 5.56 Å². The number of amides is 1. The van der Waals surface area contributed by atoms with Crippen molar-refractivity contribution in [2.45, 2.75) is 33.2 Å². The molecule has 0 bridgehead atoms. The quantitative estimate of drug-likeness (QED) is 0.508. The highest BCUT2D eigenvalue weighted by Gasteiger charge is 2.33. The summed E-state index contributed by atoms with van der Waals surface area (Å²) in [4.78, 5) is 34.4. The van der Waals surface area contributed by atoms with E-state index in [0.717, 1.165) is 0 Å². The van der Waals surface area contributed by atoms with Gasteiger partial charge in [0.2, 0.25) is 0 Å². The highest BCUT2D eigenvalue weighted by Crippen LogP contribution is 2.23. The van der Waals surface area contributed by atoms with Crippen molar-refractivity contribution in [3.63, 3.8) is 0 Å². The molecule has 1 amide bonds. The monoisotopic (exact) mass is 294 g/mol. The van der Waals surface area contributed by atoms with Crippen LogP contribution in [0.25, 0.3) is 0 Å². The van der Waals surface area contributed by atoms with E-state index in [9.17, 15) is 19.7 Å². The van der Waals surface area contributed by atoms with Crippen molar-refractivity contribution < 1.29 is 19.2 Å². The van der Waals surface area contributed by atoms with Gasteiger partial charge in [-0.1, -0.05) is 12.1 Å². The van der Waals surface area contributed by atoms with Crippen LogP contribution in [0.1, 0.15) is 36.7 Å². The standard InChI is InChI=1S/C14H18N2O5/c1-5-21-13(18)14(3,4)15-12(17)10-8-6-7-9(2)11(10)16(19)20/h6-8H,5H2,1-4H3,(H,15,17). The van der Waals surface area contributed by atoms with Crippen LogP contribution in [-0.2, 0) is 9.53 Å². The average molecular weight is 294 g/mol. The molecule has 0 heterocycles. The highest BCUT2D eigenvalue weighted by molar-refractivity contribution is 6.01. The number of rotatable bonds is 5. The fraction of sp³-hybridized carbons (Fsp3) is 0.429. The number of nitrogens with zero attached hydrogens (tertiary/aromatic N) is 1. The topological polar surface area (TPSA) is 98.5 Å². The molecule has 7 nitrogen and oxygen atoms in total. The van der Waals surface area contributed by atoms with Crippen LogP contribution >= 0.6 is 0 Å². The molecule has 1 rings (SSSR count). The average Bonchev–Trinajstić information content (AvgIpc) is 2.37. The van der Waals surface area contributed by atoms with Gasteiger partial charge in [0.25, 0.3) is 11.6 Å². The van der Waals surface area contributed by atoms with Gasteiger partial charge in [-0.25, -0.2) is 4.79 Å². The van der Waals surface area contributed by atoms with E-state index in [4.69, 9.17) is 4.74 Å². The number of hydrogen-bond acceptors (Lipinski definition) is 5. The Kier molecular flexibility index (Phi) is 5.02. The number of esters is 1. The molecule has 0 fully saturated rings. The van der Waals surface area contributed by atoms with Gasteiger partial charge in [-0.3, -0.25) is 14.9 Å². The Labute approximate surface area is 122 Å². The smallest absolute Gasteiger partial charge is 0.331 e. The number of para-hydroxylation sites is 1. The minimum atomic E-state index is -1.27. The zero-order chi connectivity index (χ0) is 16.2. The predicted molar refractivity (Wildman–Crippen MR) is 76.0 cm³/mol. The largest absolute Gasteiger partial charge is 0.464 e. The molecular formula is C14H18N2O5. The van der Waals surface area contributed by atoms with Crippen molar-refractivity contribution in [1.29, 1.82) is 0 Å². The van der Waals surface area contributed by atoms with Gasteiger partial charge in [0.1, 0.15) is 11.1 Å². The number of ether oxygens (including phenoxy) is 1. The van der Waals surface area contributed by atoms with Gasteiger partial charge in [-0.15, -0.1) is 0 Å². The fourth-order valence-corrected chi connectivity index (χ4v) is 1.80. The lowest BCUT2D eigenvalue weighted by molar-refractivity contribution is -0.385. The third kappa shape index (κ3) is 3.77. The zero-order valence-electron chi connectivity index (χ0n) is 12.4. The molecule has 0 saturated heterocycles. The fourth-order valence-electron chi connectivity index (χ4n) is 1.80. The number of carbonyl (C=O) groups is 2. The molecular weight excluding hydrogens is 276 g/mol. The molecule has 1 aromatic rings. The van der Waals surface area contributed by atoms with E-state index in [1.54, 1.807) is 26.0 Å². The predicted octanol–water partition coefficient (Wildman–Crippen LogP) is 1.97. The summed E-state index contributed by atoms with van der Waals surface area (Å²) in [5, 5.41) is 13.5. The van der Waals surface area contributed by atoms with Crippen LogP contribution in [0.15, 0.2) is 18.2 Å². The van der Waals surface area contributed by atoms with Gasteiger partial charge < -0.3 is 10.1 Å². The molecule has 0 aliphatic rings. The Morgan fingerprint density at radius 2 is 2.00 bits per heavy atom. The van der Waals surface area contributed by atoms with Gasteiger partial charge in [0.05, 0.1) is 11.5 Å². The summed E-state index contributed by atoms with van der Waals surface area (Å²) < 4.78 is 4.86. The van der Waals surface area contributed by atoms with Crippen LogP contribution in [0.2, 0.25) is 0 Å². The van der Waals surface area contributed by atoms with Crippen LogP contribution < -0.4 is 5.32 Å². The lowest BCUT2D eigenvalue weighted by atomic mass is 10.0. The maximum absolute atomic E-state index is 12.2. The van der Waals surface area contributed by atoms with E-state index in [1.807, 2.05) is 0 Å². The molecule has 0 atom stereocenters. The van der Waals surface area contributed by atoms with Gasteiger partial charge >= 0.3 is 5.97 Å². The van der Waals surface area contributed by atoms with Gasteiger partial charge in [-0.2, -0.15) is 0 Å². The third-order valence-electron chi connectivity index (χ3n) is 2.88. The maximum Gasteiger partial charge on any atom is 0.331 e. The number of benzene rings is 1. The Morgan fingerprint density at radius 1 is 1.38 bits per heavy atom. The molecule has 0 aromatic heterocycles. The normalized spacial score (nSPS) is 10.9. The third-order valence-corrected chi connectivity index (χ3v) is 2.88. The number of aryl methyl sites for hydroxylation is 1. The first-order valence-corrected chi connectivity index (χ1v) is 6.44. The van der Waals surface area contributed by atoms with E-state index in [1.165, 1.54) is 19.9 Å². The van der Waals surface area contributed by atoms with Crippen LogP contribution in [-0.4, -0.2) is 28.9 Å². The summed E-state index contributed by atoms with van der Waals surface area (Å²) in [5.41, 5.74) is -1.25. The maximum atomic E-state index is 12.2. The van der Waals surface area contributed by atoms with Gasteiger partial charge in [0.15, 0.2) is 0 Å². The van der Waals surface area contributed by atoms with Crippen molar-refractivity contribution in [3.8, 4) is 0 Å². The lowest BCUT2D eigenvalue weighted by Crippen LogP contribution is -2.50. The summed E-state index contributed by atoms with van der Waals surface area (Å²) in [6.45, 7) is 6.34. The van der Waals surface area contributed by atoms with Crippen molar-refractivity contribution in [3.05, 3.63) is 39.4 Å². The lowest BCUT2D eigenvalue weighted by Gasteiger charge is -2.23. The number of nitro groups is 1. The second kappa shape index (κ2) is 6.34. The summed E-state index contributed by atoms with van der Waals surface area (Å²) >= 11 is 0. The van der Waals surface area contributed by atoms with E-state index in [-0.39, 0.29) is 17.9 Å². The van der Waals surface area contributed by atoms with Crippen LogP contribution in [0.5, 0.6) is 0 Å². The molecule has 21 heavy (non-hydrogen) atoms. The minimum Gasteiger partial charge on any atom is -0.464 e. The van der Waals surface area contributed by atoms with Crippen molar-refractivity contribution in [1.82, 2.24) is 5.32 Å². The number of nitro benzene ring substituents is 1. The van der Waals surface area contributed by atoms with Crippen LogP contribution in [0, 0.1) is 17.0 Å². The van der Waals surface area contributed by atoms with E-state index in [2.05, 4.69) is 5.32 Å². The first-order chi connectivity index (χ1) is 9.70. The number of hydrogen-bond donors (Lipinski definition) is 1. The molecule has 1 N–H and O–H groups in total. The summed E-state index contributed by atoms with van der Waals surface area (Å²) in [5.74, 6) is -1.29. The second-order valence-electron chi connectivity index (χ2n) is 5.03. The first-order valence-electron chi connectivity index (χ1n) is 6.44. The summed E-state index contributed by atoms with van der Waals surface area (Å²) in [6, 6.07) is 4.45. The Hall–Kier alpha value is -2.44. The van der Waals surface area contributed by atoms with E-state index >= 15 is 0 Å². The zero-order valence-corrected chi connectivity index (χ0v) is 12.4. The molecule has 0 spiro atoms.